The van der Waals surface area contributed by atoms with Crippen molar-refractivity contribution >= 4 is 77.3 Å². The fourth-order valence-electron chi connectivity index (χ4n) is 6.99. The predicted octanol–water partition coefficient (Wildman–Crippen LogP) is 10.4. The van der Waals surface area contributed by atoms with Crippen LogP contribution in [0.1, 0.15) is 53.4 Å². The monoisotopic (exact) mass is 850 g/mol. The van der Waals surface area contributed by atoms with E-state index in [0.717, 1.165) is 12.1 Å². The molecule has 0 N–H and O–H groups in total. The molecule has 0 heterocycles. The number of hydrogen-bond acceptors (Lipinski definition) is 2. The Balaban J connectivity index is 2.16. The van der Waals surface area contributed by atoms with Crippen LogP contribution in [-0.2, 0) is 26.2 Å². The van der Waals surface area contributed by atoms with Gasteiger partial charge in [-0.1, -0.05) is 0 Å². The number of rotatable bonds is 18. The molecule has 0 aromatic heterocycles. The molecular weight excluding hydrogens is 806 g/mol. The third-order valence-corrected chi connectivity index (χ3v) is 21.1. The molecule has 0 unspecified atom stereocenters. The maximum atomic E-state index is 17.8. The number of benzene rings is 2. The van der Waals surface area contributed by atoms with E-state index >= 15 is 17.6 Å². The summed E-state index contributed by atoms with van der Waals surface area (Å²) in [6, 6.07) is 4.50. The van der Waals surface area contributed by atoms with Gasteiger partial charge in [-0.3, -0.25) is 0 Å². The van der Waals surface area contributed by atoms with Crippen molar-refractivity contribution in [3.8, 4) is 0 Å². The molecule has 0 fully saturated rings. The van der Waals surface area contributed by atoms with Gasteiger partial charge in [-0.05, 0) is 0 Å². The van der Waals surface area contributed by atoms with Crippen LogP contribution >= 0.6 is 46.4 Å². The van der Waals surface area contributed by atoms with E-state index in [4.69, 9.17) is 46.4 Å². The van der Waals surface area contributed by atoms with Crippen molar-refractivity contribution in [1.82, 2.24) is 0 Å². The molecule has 4 rings (SSSR count). The summed E-state index contributed by atoms with van der Waals surface area (Å²) < 4.78 is 66.9. The summed E-state index contributed by atoms with van der Waals surface area (Å²) in [5.74, 6) is -5.90. The Morgan fingerprint density at radius 2 is 0.943 bits per heavy atom. The first-order valence-corrected chi connectivity index (χ1v) is 23.3. The second-order valence-electron chi connectivity index (χ2n) is 14.2. The van der Waals surface area contributed by atoms with Gasteiger partial charge in [0.15, 0.2) is 0 Å². The summed E-state index contributed by atoms with van der Waals surface area (Å²) in [5.41, 5.74) is -3.03. The van der Waals surface area contributed by atoms with E-state index in [1.54, 1.807) is 62.5 Å². The maximum absolute atomic E-state index is 17.8. The Morgan fingerprint density at radius 1 is 0.623 bits per heavy atom. The third kappa shape index (κ3) is 8.25. The van der Waals surface area contributed by atoms with Gasteiger partial charge in [-0.25, -0.2) is 0 Å². The Labute approximate surface area is 334 Å². The minimum absolute atomic E-state index is 0.0692. The topological polar surface area (TPSA) is 40.6 Å². The number of unbranched alkanes of at least 4 members (excludes halogenated alkanes) is 2. The van der Waals surface area contributed by atoms with Gasteiger partial charge >= 0.3 is 336 Å². The number of allylic oxidation sites excluding steroid dienone is 8. The van der Waals surface area contributed by atoms with Crippen LogP contribution in [-0.4, -0.2) is 48.4 Å². The Morgan fingerprint density at radius 3 is 1.23 bits per heavy atom. The van der Waals surface area contributed by atoms with E-state index in [1.807, 2.05) is 13.8 Å². The quantitative estimate of drug-likeness (QED) is 0.0852. The number of carbonyl (C=O) groups excluding carboxylic acids is 2. The summed E-state index contributed by atoms with van der Waals surface area (Å²) in [7, 11) is 0. The molecule has 0 atom stereocenters. The molecule has 288 valence electrons. The van der Waals surface area contributed by atoms with Crippen LogP contribution in [0.15, 0.2) is 72.9 Å². The molecule has 2 aliphatic carbocycles. The van der Waals surface area contributed by atoms with Crippen molar-refractivity contribution in [2.24, 2.45) is 10.8 Å². The molecule has 0 aliphatic heterocycles. The molecule has 2 aromatic rings. The predicted molar refractivity (Wildman–Crippen MR) is 210 cm³/mol. The molecule has 0 bridgehead atoms. The summed E-state index contributed by atoms with van der Waals surface area (Å²) in [6.07, 6.45) is 15.9. The number of halogens is 8. The van der Waals surface area contributed by atoms with Crippen molar-refractivity contribution < 1.29 is 43.7 Å². The average Bonchev–Trinajstić information content (AvgIpc) is 3.91. The third-order valence-electron chi connectivity index (χ3n) is 10.3. The SMILES string of the molecule is CCCCN(C(=O)C(C)(CCl)CCl)c1ccc(F)[c]([Ti]([c]2c(F)ccc(N(CCCC)C(=O)C(C)(CCl)CCl)c2F)([CH]2C=CC=C2)[CH]2C=CC=C2)c1F. The van der Waals surface area contributed by atoms with Crippen molar-refractivity contribution in [2.75, 3.05) is 46.4 Å². The van der Waals surface area contributed by atoms with Crippen molar-refractivity contribution in [1.29, 1.82) is 0 Å². The van der Waals surface area contributed by atoms with E-state index in [9.17, 15) is 9.59 Å². The Hall–Kier alpha value is -2.07. The summed E-state index contributed by atoms with van der Waals surface area (Å²) in [5, 5.41) is 0. The number of carbonyl (C=O) groups is 2. The normalized spacial score (nSPS) is 14.9. The molecule has 0 radical (unpaired) electrons. The molecule has 2 amide bonds. The van der Waals surface area contributed by atoms with Crippen molar-refractivity contribution in [3.63, 3.8) is 0 Å². The molecular formula is C40H46Cl4F4N2O2Ti. The van der Waals surface area contributed by atoms with E-state index in [1.165, 1.54) is 21.9 Å². The molecule has 0 saturated heterocycles. The zero-order valence-corrected chi connectivity index (χ0v) is 35.0. The van der Waals surface area contributed by atoms with Gasteiger partial charge in [-0.2, -0.15) is 0 Å². The zero-order valence-electron chi connectivity index (χ0n) is 30.4. The van der Waals surface area contributed by atoms with Crippen LogP contribution in [0, 0.1) is 34.1 Å². The standard InChI is InChI=1S/2C15H18Cl2F2NO.2C5H5.Ti/c2*1-3-4-7-20(14(21)15(2,9-16)10-17)13-6-5-11(18)8-12(13)19;2*1-2-4-5-3-1;/h2*5-6H,3-4,7,9-10H2,1-2H3;2*1-5H;. The summed E-state index contributed by atoms with van der Waals surface area (Å²) >= 11 is 19.6. The molecule has 0 spiro atoms. The van der Waals surface area contributed by atoms with Gasteiger partial charge in [0.1, 0.15) is 0 Å². The second-order valence-corrected chi connectivity index (χ2v) is 21.7. The Kier molecular flexibility index (Phi) is 15.4. The van der Waals surface area contributed by atoms with Gasteiger partial charge in [0, 0.05) is 0 Å². The van der Waals surface area contributed by atoms with Gasteiger partial charge in [0.2, 0.25) is 0 Å². The zero-order chi connectivity index (χ0) is 39.1. The van der Waals surface area contributed by atoms with Gasteiger partial charge in [0.05, 0.1) is 0 Å². The van der Waals surface area contributed by atoms with Gasteiger partial charge < -0.3 is 0 Å². The molecule has 2 aromatic carbocycles. The van der Waals surface area contributed by atoms with Crippen LogP contribution in [0.5, 0.6) is 0 Å². The number of alkyl halides is 4. The fourth-order valence-corrected chi connectivity index (χ4v) is 16.8. The van der Waals surface area contributed by atoms with E-state index < -0.39 is 78.7 Å². The molecule has 4 nitrogen and oxygen atoms in total. The number of anilines is 2. The van der Waals surface area contributed by atoms with Crippen LogP contribution in [0.3, 0.4) is 0 Å². The fraction of sp³-hybridized carbons (Fsp3) is 0.450. The van der Waals surface area contributed by atoms with Crippen LogP contribution in [0.4, 0.5) is 28.9 Å². The molecule has 53 heavy (non-hydrogen) atoms. The van der Waals surface area contributed by atoms with E-state index in [0.29, 0.717) is 25.7 Å². The summed E-state index contributed by atoms with van der Waals surface area (Å²) in [4.78, 5) is 30.7. The van der Waals surface area contributed by atoms with Gasteiger partial charge in [0.25, 0.3) is 0 Å². The van der Waals surface area contributed by atoms with E-state index in [-0.39, 0.29) is 48.0 Å². The number of hydrogen-bond donors (Lipinski definition) is 0. The van der Waals surface area contributed by atoms with Gasteiger partial charge in [-0.15, -0.1) is 0 Å². The van der Waals surface area contributed by atoms with E-state index in [2.05, 4.69) is 0 Å². The minimum atomic E-state index is -5.32. The molecule has 0 saturated carbocycles. The molecule has 13 heteroatoms. The number of amides is 2. The Bertz CT molecular complexity index is 1630. The van der Waals surface area contributed by atoms with Crippen LogP contribution in [0.25, 0.3) is 0 Å². The summed E-state index contributed by atoms with van der Waals surface area (Å²) in [6.45, 7) is 7.10. The average molecular weight is 852 g/mol. The van der Waals surface area contributed by atoms with Crippen LogP contribution in [0.2, 0.25) is 8.45 Å². The van der Waals surface area contributed by atoms with Crippen molar-refractivity contribution in [3.05, 3.63) is 96.1 Å². The first kappa shape index (κ1) is 43.7. The first-order chi connectivity index (χ1) is 25.3. The van der Waals surface area contributed by atoms with Crippen molar-refractivity contribution in [2.45, 2.75) is 61.8 Å². The second kappa shape index (κ2) is 18.7. The first-order valence-electron chi connectivity index (χ1n) is 17.8. The molecule has 2 aliphatic rings. The number of nitrogens with zero attached hydrogens (tertiary/aromatic N) is 2. The van der Waals surface area contributed by atoms with Crippen LogP contribution < -0.4 is 17.5 Å².